The number of aliphatic hydroxyl groups excluding tert-OH is 1. The third kappa shape index (κ3) is 5.02. The smallest absolute Gasteiger partial charge is 0.258 e. The fourth-order valence-electron chi connectivity index (χ4n) is 2.90. The minimum absolute atomic E-state index is 0.165. The average molecular weight is 429 g/mol. The number of nitrogens with zero attached hydrogens (tertiary/aromatic N) is 1. The summed E-state index contributed by atoms with van der Waals surface area (Å²) in [5, 5.41) is 26.0. The maximum absolute atomic E-state index is 12.9. The van der Waals surface area contributed by atoms with E-state index in [-0.39, 0.29) is 17.1 Å². The number of aliphatic hydroxyl groups is 1. The number of nitrogens with two attached hydrogens (primary N) is 2. The molecule has 2 aromatic rings. The Morgan fingerprint density at radius 3 is 2.72 bits per heavy atom. The lowest BCUT2D eigenvalue weighted by atomic mass is 9.85. The monoisotopic (exact) mass is 429 g/mol. The molecule has 0 saturated heterocycles. The van der Waals surface area contributed by atoms with E-state index in [0.717, 1.165) is 19.3 Å². The first kappa shape index (κ1) is 21.0. The maximum atomic E-state index is 12.9. The number of amidine groups is 1. The first-order valence-electron chi connectivity index (χ1n) is 9.19. The van der Waals surface area contributed by atoms with Crippen LogP contribution in [0.3, 0.4) is 0 Å². The Hall–Kier alpha value is -2.70. The number of aliphatic imine (C=N–C) groups is 1. The number of thiophene rings is 1. The van der Waals surface area contributed by atoms with Gasteiger partial charge in [0.15, 0.2) is 5.76 Å². The van der Waals surface area contributed by atoms with Crippen LogP contribution in [0.25, 0.3) is 0 Å². The fourth-order valence-corrected chi connectivity index (χ4v) is 3.90. The minimum Gasteiger partial charge on any atom is -0.505 e. The van der Waals surface area contributed by atoms with Gasteiger partial charge >= 0.3 is 0 Å². The van der Waals surface area contributed by atoms with Crippen molar-refractivity contribution >= 4 is 54.7 Å². The van der Waals surface area contributed by atoms with E-state index in [0.29, 0.717) is 34.7 Å². The van der Waals surface area contributed by atoms with Crippen molar-refractivity contribution in [2.45, 2.75) is 19.3 Å². The van der Waals surface area contributed by atoms with E-state index in [1.165, 1.54) is 11.3 Å². The molecule has 0 radical (unpaired) electrons. The van der Waals surface area contributed by atoms with Gasteiger partial charge in [-0.2, -0.15) is 11.3 Å². The first-order valence-corrected chi connectivity index (χ1v) is 10.7. The number of carbonyl (C=O) groups is 1. The Labute approximate surface area is 175 Å². The van der Waals surface area contributed by atoms with E-state index in [9.17, 15) is 9.90 Å². The van der Waals surface area contributed by atoms with Crippen molar-refractivity contribution in [3.63, 3.8) is 0 Å². The van der Waals surface area contributed by atoms with Crippen LogP contribution in [0.4, 0.5) is 11.4 Å². The predicted octanol–water partition coefficient (Wildman–Crippen LogP) is 2.62. The molecule has 1 aliphatic rings. The highest BCUT2D eigenvalue weighted by atomic mass is 32.1. The van der Waals surface area contributed by atoms with E-state index in [1.807, 2.05) is 0 Å². The highest BCUT2D eigenvalue weighted by Crippen LogP contribution is 2.25. The Balaban J connectivity index is 1.96. The van der Waals surface area contributed by atoms with Crippen LogP contribution in [-0.4, -0.2) is 29.1 Å². The molecule has 0 aliphatic heterocycles. The van der Waals surface area contributed by atoms with E-state index >= 15 is 0 Å². The van der Waals surface area contributed by atoms with Crippen molar-refractivity contribution < 1.29 is 9.90 Å². The van der Waals surface area contributed by atoms with E-state index in [1.54, 1.807) is 35.0 Å². The van der Waals surface area contributed by atoms with Gasteiger partial charge in [0.2, 0.25) is 0 Å². The van der Waals surface area contributed by atoms with E-state index in [4.69, 9.17) is 16.9 Å². The van der Waals surface area contributed by atoms with Crippen molar-refractivity contribution in [2.75, 3.05) is 12.3 Å². The molecule has 7 N–H and O–H groups in total. The average Bonchev–Trinajstić information content (AvgIpc) is 3.17. The Morgan fingerprint density at radius 2 is 2.14 bits per heavy atom. The van der Waals surface area contributed by atoms with Crippen molar-refractivity contribution in [1.29, 1.82) is 5.41 Å². The lowest BCUT2D eigenvalue weighted by Gasteiger charge is -2.25. The van der Waals surface area contributed by atoms with Gasteiger partial charge in [0.25, 0.3) is 5.91 Å². The van der Waals surface area contributed by atoms with Gasteiger partial charge in [0.1, 0.15) is 17.1 Å². The molecule has 0 spiro atoms. The van der Waals surface area contributed by atoms with Crippen LogP contribution < -0.4 is 22.1 Å². The zero-order chi connectivity index (χ0) is 21.0. The van der Waals surface area contributed by atoms with Gasteiger partial charge in [-0.1, -0.05) is 6.42 Å². The largest absolute Gasteiger partial charge is 0.505 e. The summed E-state index contributed by atoms with van der Waals surface area (Å²) in [6.07, 6.45) is 3.30. The number of amides is 1. The number of nitrogen functional groups attached to an aromatic ring is 1. The summed E-state index contributed by atoms with van der Waals surface area (Å²) in [5.41, 5.74) is 13.1. The van der Waals surface area contributed by atoms with Crippen molar-refractivity contribution in [3.05, 3.63) is 51.9 Å². The number of carbonyl (C=O) groups excluding carboxylic acids is 1. The van der Waals surface area contributed by atoms with E-state index < -0.39 is 11.7 Å². The lowest BCUT2D eigenvalue weighted by Crippen LogP contribution is -2.37. The molecule has 1 fully saturated rings. The number of nitrogens with one attached hydrogen (secondary N) is 2. The molecule has 1 aliphatic carbocycles. The molecular formula is C20H24N5O2PS. The summed E-state index contributed by atoms with van der Waals surface area (Å²) >= 11 is 1.39. The third-order valence-corrected chi connectivity index (χ3v) is 5.98. The van der Waals surface area contributed by atoms with Gasteiger partial charge < -0.3 is 21.9 Å². The molecule has 1 heterocycles. The zero-order valence-corrected chi connectivity index (χ0v) is 17.8. The summed E-state index contributed by atoms with van der Waals surface area (Å²) in [5.74, 6) is -0.775. The van der Waals surface area contributed by atoms with Gasteiger partial charge in [-0.25, -0.2) is 4.99 Å². The van der Waals surface area contributed by atoms with Crippen molar-refractivity contribution in [3.8, 4) is 0 Å². The summed E-state index contributed by atoms with van der Waals surface area (Å²) in [4.78, 5) is 17.2. The first-order chi connectivity index (χ1) is 13.9. The van der Waals surface area contributed by atoms with Crippen LogP contribution in [-0.2, 0) is 4.79 Å². The molecule has 1 unspecified atom stereocenters. The van der Waals surface area contributed by atoms with Crippen LogP contribution in [0.15, 0.2) is 51.4 Å². The predicted molar refractivity (Wildman–Crippen MR) is 123 cm³/mol. The molecule has 3 rings (SSSR count). The van der Waals surface area contributed by atoms with Crippen LogP contribution in [0, 0.1) is 11.3 Å². The molecule has 1 saturated carbocycles. The molecule has 1 aromatic heterocycles. The molecule has 152 valence electrons. The van der Waals surface area contributed by atoms with Crippen molar-refractivity contribution in [1.82, 2.24) is 5.32 Å². The quantitative estimate of drug-likeness (QED) is 0.115. The van der Waals surface area contributed by atoms with Crippen LogP contribution >= 0.6 is 20.6 Å². The van der Waals surface area contributed by atoms with Gasteiger partial charge in [0.05, 0.1) is 5.69 Å². The summed E-state index contributed by atoms with van der Waals surface area (Å²) < 4.78 is 0. The highest BCUT2D eigenvalue weighted by molar-refractivity contribution is 7.28. The maximum Gasteiger partial charge on any atom is 0.258 e. The molecule has 29 heavy (non-hydrogen) atoms. The second-order valence-corrected chi connectivity index (χ2v) is 8.33. The van der Waals surface area contributed by atoms with Gasteiger partial charge in [-0.3, -0.25) is 10.2 Å². The normalized spacial score (nSPS) is 15.4. The highest BCUT2D eigenvalue weighted by Gasteiger charge is 2.25. The molecule has 1 amide bonds. The summed E-state index contributed by atoms with van der Waals surface area (Å²) in [7, 11) is 2.51. The number of allylic oxidation sites excluding steroid dienone is 1. The number of benzene rings is 1. The van der Waals surface area contributed by atoms with Crippen LogP contribution in [0.5, 0.6) is 0 Å². The topological polar surface area (TPSA) is 138 Å². The number of hydrogen-bond acceptors (Lipinski definition) is 6. The van der Waals surface area contributed by atoms with Gasteiger partial charge in [-0.15, -0.1) is 9.24 Å². The molecular weight excluding hydrogens is 405 g/mol. The van der Waals surface area contributed by atoms with Crippen LogP contribution in [0.2, 0.25) is 0 Å². The number of hydrogen-bond donors (Lipinski definition) is 5. The molecule has 7 nitrogen and oxygen atoms in total. The lowest BCUT2D eigenvalue weighted by molar-refractivity contribution is -0.117. The minimum atomic E-state index is -0.545. The Morgan fingerprint density at radius 1 is 1.38 bits per heavy atom. The van der Waals surface area contributed by atoms with E-state index in [2.05, 4.69) is 19.5 Å². The standard InChI is InChI=1S/C20H24N5O2PS/c21-13-4-5-14(15(28)8-13)25-19(23)16(20(27)24-9-11-2-1-3-11)18(26)17(22)12-6-7-29-10-12/h4-8,10-11,22,26H,1-3,9,21,28H2,(H2,23,25)(H,24,27)/b18-16+,22-17?. The summed E-state index contributed by atoms with van der Waals surface area (Å²) in [6, 6.07) is 6.76. The zero-order valence-electron chi connectivity index (χ0n) is 15.8. The molecule has 0 bridgehead atoms. The fraction of sp³-hybridized carbons (Fsp3) is 0.250. The molecule has 1 aromatic carbocycles. The summed E-state index contributed by atoms with van der Waals surface area (Å²) in [6.45, 7) is 0.505. The number of anilines is 1. The van der Waals surface area contributed by atoms with Gasteiger partial charge in [0, 0.05) is 23.2 Å². The number of rotatable bonds is 7. The molecule has 9 heteroatoms. The Bertz CT molecular complexity index is 981. The van der Waals surface area contributed by atoms with Gasteiger partial charge in [-0.05, 0) is 53.7 Å². The second kappa shape index (κ2) is 9.20. The molecule has 1 atom stereocenters. The second-order valence-electron chi connectivity index (χ2n) is 6.93. The Kier molecular flexibility index (Phi) is 6.67. The van der Waals surface area contributed by atoms with Crippen LogP contribution in [0.1, 0.15) is 24.8 Å². The van der Waals surface area contributed by atoms with Crippen molar-refractivity contribution in [2.24, 2.45) is 16.6 Å². The third-order valence-electron chi connectivity index (χ3n) is 4.84. The SMILES string of the molecule is N=C(/C(O)=C(\C(=O)NCC1CCC1)C(N)=Nc1ccc(N)cc1P)c1ccsc1.